The number of rotatable bonds is 10. The second kappa shape index (κ2) is 11.4. The van der Waals surface area contributed by atoms with Gasteiger partial charge in [0.2, 0.25) is 0 Å². The Bertz CT molecular complexity index is 243. The zero-order chi connectivity index (χ0) is 13.8. The van der Waals surface area contributed by atoms with Crippen LogP contribution in [0.3, 0.4) is 0 Å². The van der Waals surface area contributed by atoms with Crippen molar-refractivity contribution < 1.29 is 8.78 Å². The van der Waals surface area contributed by atoms with Crippen molar-refractivity contribution in [2.24, 2.45) is 5.92 Å². The lowest BCUT2D eigenvalue weighted by Gasteiger charge is -2.12. The molecule has 0 rings (SSSR count). The van der Waals surface area contributed by atoms with Crippen molar-refractivity contribution in [1.29, 1.82) is 0 Å². The highest BCUT2D eigenvalue weighted by molar-refractivity contribution is 5.07. The van der Waals surface area contributed by atoms with E-state index in [0.717, 1.165) is 44.1 Å². The summed E-state index contributed by atoms with van der Waals surface area (Å²) >= 11 is 0. The minimum absolute atomic E-state index is 0.290. The largest absolute Gasteiger partial charge is 0.243 e. The maximum Gasteiger partial charge on any atom is 0.121 e. The van der Waals surface area contributed by atoms with Gasteiger partial charge >= 0.3 is 0 Å². The molecule has 2 heteroatoms. The smallest absolute Gasteiger partial charge is 0.121 e. The molecule has 0 aliphatic rings. The Morgan fingerprint density at radius 1 is 1.06 bits per heavy atom. The molecule has 0 aromatic carbocycles. The summed E-state index contributed by atoms with van der Waals surface area (Å²) in [6.45, 7) is 6.10. The van der Waals surface area contributed by atoms with Crippen LogP contribution in [0.25, 0.3) is 0 Å². The van der Waals surface area contributed by atoms with Crippen molar-refractivity contribution in [2.75, 3.05) is 0 Å². The van der Waals surface area contributed by atoms with Gasteiger partial charge in [0, 0.05) is 0 Å². The van der Waals surface area contributed by atoms with Gasteiger partial charge < -0.3 is 0 Å². The SMILES string of the molecule is CCCC(C=CF)CC/C=C(/CC)C(F)CCC. The molecule has 0 amide bonds. The first-order valence-electron chi connectivity index (χ1n) is 7.29. The molecule has 0 aromatic heterocycles. The van der Waals surface area contributed by atoms with E-state index in [0.29, 0.717) is 18.7 Å². The van der Waals surface area contributed by atoms with Gasteiger partial charge in [0.1, 0.15) is 6.17 Å². The molecule has 0 bridgehead atoms. The van der Waals surface area contributed by atoms with Crippen LogP contribution in [0.4, 0.5) is 8.78 Å². The van der Waals surface area contributed by atoms with Crippen LogP contribution in [0.5, 0.6) is 0 Å². The summed E-state index contributed by atoms with van der Waals surface area (Å²) in [4.78, 5) is 0. The second-order valence-electron chi connectivity index (χ2n) is 4.83. The van der Waals surface area contributed by atoms with E-state index in [1.807, 2.05) is 19.9 Å². The van der Waals surface area contributed by atoms with Crippen LogP contribution in [0.2, 0.25) is 0 Å². The molecule has 0 aromatic rings. The summed E-state index contributed by atoms with van der Waals surface area (Å²) < 4.78 is 25.9. The molecule has 0 aliphatic carbocycles. The molecule has 0 nitrogen and oxygen atoms in total. The third-order valence-electron chi connectivity index (χ3n) is 3.30. The summed E-state index contributed by atoms with van der Waals surface area (Å²) in [5, 5.41) is 0. The van der Waals surface area contributed by atoms with Gasteiger partial charge in [0.25, 0.3) is 0 Å². The standard InChI is InChI=1S/C16H28F2/c1-4-8-14(12-13-17)10-7-11-15(6-3)16(18)9-5-2/h11-14,16H,4-10H2,1-3H3/b13-12?,15-11-. The zero-order valence-corrected chi connectivity index (χ0v) is 12.1. The zero-order valence-electron chi connectivity index (χ0n) is 12.1. The van der Waals surface area contributed by atoms with Crippen molar-refractivity contribution in [3.63, 3.8) is 0 Å². The Morgan fingerprint density at radius 2 is 1.72 bits per heavy atom. The molecular weight excluding hydrogens is 230 g/mol. The Kier molecular flexibility index (Phi) is 11.0. The fourth-order valence-corrected chi connectivity index (χ4v) is 2.23. The number of alkyl halides is 1. The van der Waals surface area contributed by atoms with Crippen molar-refractivity contribution >= 4 is 0 Å². The van der Waals surface area contributed by atoms with Gasteiger partial charge in [-0.25, -0.2) is 8.78 Å². The quantitative estimate of drug-likeness (QED) is 0.413. The summed E-state index contributed by atoms with van der Waals surface area (Å²) in [6, 6.07) is 0. The molecule has 2 atom stereocenters. The Morgan fingerprint density at radius 3 is 2.22 bits per heavy atom. The van der Waals surface area contributed by atoms with E-state index in [1.54, 1.807) is 6.08 Å². The van der Waals surface area contributed by atoms with Crippen molar-refractivity contribution in [2.45, 2.75) is 71.9 Å². The first kappa shape index (κ1) is 17.3. The van der Waals surface area contributed by atoms with E-state index in [4.69, 9.17) is 0 Å². The molecule has 0 radical (unpaired) electrons. The van der Waals surface area contributed by atoms with Crippen LogP contribution in [0.15, 0.2) is 24.1 Å². The average Bonchev–Trinajstić information content (AvgIpc) is 2.35. The van der Waals surface area contributed by atoms with Crippen molar-refractivity contribution in [3.05, 3.63) is 24.1 Å². The van der Waals surface area contributed by atoms with Gasteiger partial charge in [0.15, 0.2) is 0 Å². The number of hydrogen-bond donors (Lipinski definition) is 0. The van der Waals surface area contributed by atoms with E-state index in [9.17, 15) is 8.78 Å². The van der Waals surface area contributed by atoms with Gasteiger partial charge in [-0.1, -0.05) is 45.8 Å². The fourth-order valence-electron chi connectivity index (χ4n) is 2.23. The predicted molar refractivity (Wildman–Crippen MR) is 76.1 cm³/mol. The fraction of sp³-hybridized carbons (Fsp3) is 0.750. The minimum atomic E-state index is -0.790. The van der Waals surface area contributed by atoms with Gasteiger partial charge in [-0.15, -0.1) is 0 Å². The second-order valence-corrected chi connectivity index (χ2v) is 4.83. The maximum absolute atomic E-state index is 13.7. The van der Waals surface area contributed by atoms with Crippen LogP contribution in [0.1, 0.15) is 65.7 Å². The Balaban J connectivity index is 4.22. The number of halogens is 2. The highest BCUT2D eigenvalue weighted by Gasteiger charge is 2.10. The molecule has 0 saturated heterocycles. The molecule has 18 heavy (non-hydrogen) atoms. The third-order valence-corrected chi connectivity index (χ3v) is 3.30. The first-order chi connectivity index (χ1) is 8.69. The van der Waals surface area contributed by atoms with Crippen LogP contribution in [0, 0.1) is 5.92 Å². The van der Waals surface area contributed by atoms with Crippen molar-refractivity contribution in [3.8, 4) is 0 Å². The third kappa shape index (κ3) is 7.62. The Hall–Kier alpha value is -0.660. The van der Waals surface area contributed by atoms with Gasteiger partial charge in [-0.2, -0.15) is 0 Å². The van der Waals surface area contributed by atoms with E-state index >= 15 is 0 Å². The van der Waals surface area contributed by atoms with Gasteiger partial charge in [-0.05, 0) is 43.6 Å². The average molecular weight is 258 g/mol. The van der Waals surface area contributed by atoms with E-state index in [-0.39, 0.29) is 0 Å². The lowest BCUT2D eigenvalue weighted by molar-refractivity contribution is 0.350. The molecule has 0 saturated carbocycles. The van der Waals surface area contributed by atoms with E-state index in [1.165, 1.54) is 0 Å². The summed E-state index contributed by atoms with van der Waals surface area (Å²) in [6.07, 6.45) is 9.59. The van der Waals surface area contributed by atoms with Gasteiger partial charge in [0.05, 0.1) is 6.33 Å². The maximum atomic E-state index is 13.7. The Labute approximate surface area is 111 Å². The normalized spacial score (nSPS) is 16.2. The summed E-state index contributed by atoms with van der Waals surface area (Å²) in [7, 11) is 0. The highest BCUT2D eigenvalue weighted by Crippen LogP contribution is 2.20. The monoisotopic (exact) mass is 258 g/mol. The van der Waals surface area contributed by atoms with Gasteiger partial charge in [-0.3, -0.25) is 0 Å². The first-order valence-corrected chi connectivity index (χ1v) is 7.29. The van der Waals surface area contributed by atoms with Crippen LogP contribution >= 0.6 is 0 Å². The van der Waals surface area contributed by atoms with Crippen LogP contribution in [-0.4, -0.2) is 6.17 Å². The molecule has 0 spiro atoms. The molecule has 2 unspecified atom stereocenters. The molecule has 0 aliphatic heterocycles. The lowest BCUT2D eigenvalue weighted by atomic mass is 9.96. The predicted octanol–water partition coefficient (Wildman–Crippen LogP) is 6.14. The summed E-state index contributed by atoms with van der Waals surface area (Å²) in [5.41, 5.74) is 0.913. The van der Waals surface area contributed by atoms with Crippen LogP contribution < -0.4 is 0 Å². The van der Waals surface area contributed by atoms with E-state index in [2.05, 4.69) is 6.92 Å². The molecule has 0 fully saturated rings. The molecule has 106 valence electrons. The molecule has 0 N–H and O–H groups in total. The highest BCUT2D eigenvalue weighted by atomic mass is 19.1. The lowest BCUT2D eigenvalue weighted by Crippen LogP contribution is -2.04. The van der Waals surface area contributed by atoms with Crippen LogP contribution in [-0.2, 0) is 0 Å². The van der Waals surface area contributed by atoms with E-state index < -0.39 is 6.17 Å². The van der Waals surface area contributed by atoms with Crippen molar-refractivity contribution in [1.82, 2.24) is 0 Å². The molecular formula is C16H28F2. The summed E-state index contributed by atoms with van der Waals surface area (Å²) in [5.74, 6) is 0.290. The minimum Gasteiger partial charge on any atom is -0.243 e. The topological polar surface area (TPSA) is 0 Å². The number of hydrogen-bond acceptors (Lipinski definition) is 0. The molecule has 0 heterocycles. The number of allylic oxidation sites excluding steroid dienone is 3.